The summed E-state index contributed by atoms with van der Waals surface area (Å²) in [5.74, 6) is -0.309. The molecule has 1 rings (SSSR count). The van der Waals surface area contributed by atoms with Crippen molar-refractivity contribution in [2.45, 2.75) is 25.3 Å². The van der Waals surface area contributed by atoms with Gasteiger partial charge in [0.15, 0.2) is 0 Å². The Balaban J connectivity index is 2.66. The van der Waals surface area contributed by atoms with E-state index >= 15 is 0 Å². The minimum atomic E-state index is -0.438. The molecule has 1 atom stereocenters. The van der Waals surface area contributed by atoms with Gasteiger partial charge in [-0.15, -0.1) is 11.6 Å². The van der Waals surface area contributed by atoms with Gasteiger partial charge in [0.2, 0.25) is 5.91 Å². The van der Waals surface area contributed by atoms with Gasteiger partial charge in [-0.1, -0.05) is 12.1 Å². The number of nitrogens with two attached hydrogens (primary N) is 1. The average Bonchev–Trinajstić information content (AvgIpc) is 2.27. The van der Waals surface area contributed by atoms with Crippen LogP contribution in [0.15, 0.2) is 24.3 Å². The number of carbonyl (C=O) groups is 2. The molecule has 17 heavy (non-hydrogen) atoms. The van der Waals surface area contributed by atoms with Crippen molar-refractivity contribution in [2.75, 3.05) is 0 Å². The van der Waals surface area contributed by atoms with Crippen LogP contribution in [0.5, 0.6) is 0 Å². The molecule has 3 N–H and O–H groups in total. The van der Waals surface area contributed by atoms with E-state index in [0.29, 0.717) is 11.4 Å². The van der Waals surface area contributed by atoms with Crippen LogP contribution in [0.4, 0.5) is 0 Å². The van der Waals surface area contributed by atoms with Crippen molar-refractivity contribution >= 4 is 23.4 Å². The highest BCUT2D eigenvalue weighted by Crippen LogP contribution is 2.08. The maximum absolute atomic E-state index is 11.8. The van der Waals surface area contributed by atoms with Crippen LogP contribution in [0.3, 0.4) is 0 Å². The van der Waals surface area contributed by atoms with Crippen LogP contribution < -0.4 is 11.1 Å². The fourth-order valence-electron chi connectivity index (χ4n) is 1.46. The van der Waals surface area contributed by atoms with E-state index in [1.165, 1.54) is 0 Å². The zero-order valence-electron chi connectivity index (χ0n) is 9.57. The Morgan fingerprint density at radius 2 is 2.18 bits per heavy atom. The molecule has 0 saturated carbocycles. The molecule has 0 aliphatic heterocycles. The summed E-state index contributed by atoms with van der Waals surface area (Å²) in [5.41, 5.74) is 6.45. The van der Waals surface area contributed by atoms with Gasteiger partial charge in [-0.25, -0.2) is 0 Å². The van der Waals surface area contributed by atoms with Crippen molar-refractivity contribution in [1.82, 2.24) is 5.32 Å². The number of primary amides is 1. The molecule has 0 aliphatic rings. The highest BCUT2D eigenvalue weighted by molar-refractivity contribution is 6.17. The zero-order chi connectivity index (χ0) is 12.8. The van der Waals surface area contributed by atoms with E-state index in [9.17, 15) is 9.59 Å². The first kappa shape index (κ1) is 13.5. The van der Waals surface area contributed by atoms with Gasteiger partial charge in [0.25, 0.3) is 5.91 Å². The summed E-state index contributed by atoms with van der Waals surface area (Å²) in [6.45, 7) is 1.73. The van der Waals surface area contributed by atoms with E-state index < -0.39 is 5.91 Å². The number of benzene rings is 1. The summed E-state index contributed by atoms with van der Waals surface area (Å²) in [4.78, 5) is 22.5. The Morgan fingerprint density at radius 3 is 2.76 bits per heavy atom. The third kappa shape index (κ3) is 4.44. The molecule has 2 amide bonds. The predicted molar refractivity (Wildman–Crippen MR) is 66.7 cm³/mol. The molecule has 0 saturated heterocycles. The number of alkyl halides is 1. The highest BCUT2D eigenvalue weighted by Gasteiger charge is 2.11. The van der Waals surface area contributed by atoms with E-state index in [-0.39, 0.29) is 18.4 Å². The van der Waals surface area contributed by atoms with E-state index in [2.05, 4.69) is 5.32 Å². The Bertz CT molecular complexity index is 421. The Morgan fingerprint density at radius 1 is 1.47 bits per heavy atom. The predicted octanol–water partition coefficient (Wildman–Crippen LogP) is 1.42. The molecule has 1 aromatic rings. The van der Waals surface area contributed by atoms with Crippen LogP contribution in [0.1, 0.15) is 29.3 Å². The average molecular weight is 255 g/mol. The normalized spacial score (nSPS) is 11.9. The van der Waals surface area contributed by atoms with E-state index in [1.807, 2.05) is 6.07 Å². The monoisotopic (exact) mass is 254 g/mol. The van der Waals surface area contributed by atoms with Gasteiger partial charge in [-0.05, 0) is 24.6 Å². The number of rotatable bonds is 5. The first-order chi connectivity index (χ1) is 8.02. The number of hydrogen-bond donors (Lipinski definition) is 2. The summed E-state index contributed by atoms with van der Waals surface area (Å²) in [5, 5.41) is 2.70. The Kier molecular flexibility index (Phi) is 4.97. The van der Waals surface area contributed by atoms with Crippen molar-refractivity contribution in [3.8, 4) is 0 Å². The van der Waals surface area contributed by atoms with Gasteiger partial charge in [0, 0.05) is 23.9 Å². The SMILES string of the molecule is CC(CC(N)=O)NC(=O)c1cccc(CCl)c1. The molecule has 0 heterocycles. The second-order valence-corrected chi connectivity index (χ2v) is 4.15. The van der Waals surface area contributed by atoms with E-state index in [4.69, 9.17) is 17.3 Å². The van der Waals surface area contributed by atoms with Crippen LogP contribution in [0.25, 0.3) is 0 Å². The lowest BCUT2D eigenvalue weighted by atomic mass is 10.1. The molecule has 5 heteroatoms. The molecule has 4 nitrogen and oxygen atoms in total. The van der Waals surface area contributed by atoms with Gasteiger partial charge >= 0.3 is 0 Å². The lowest BCUT2D eigenvalue weighted by Crippen LogP contribution is -2.35. The molecule has 0 spiro atoms. The van der Waals surface area contributed by atoms with Crippen molar-refractivity contribution in [3.63, 3.8) is 0 Å². The minimum absolute atomic E-state index is 0.126. The number of carbonyl (C=O) groups excluding carboxylic acids is 2. The summed E-state index contributed by atoms with van der Waals surface area (Å²) < 4.78 is 0. The molecule has 1 aromatic carbocycles. The summed E-state index contributed by atoms with van der Waals surface area (Å²) in [6.07, 6.45) is 0.126. The first-order valence-corrected chi connectivity index (χ1v) is 5.80. The molecule has 0 aromatic heterocycles. The zero-order valence-corrected chi connectivity index (χ0v) is 10.3. The smallest absolute Gasteiger partial charge is 0.251 e. The fourth-order valence-corrected chi connectivity index (χ4v) is 1.62. The van der Waals surface area contributed by atoms with E-state index in [0.717, 1.165) is 5.56 Å². The van der Waals surface area contributed by atoms with Crippen LogP contribution in [-0.2, 0) is 10.7 Å². The fraction of sp³-hybridized carbons (Fsp3) is 0.333. The lowest BCUT2D eigenvalue weighted by molar-refractivity contribution is -0.118. The molecule has 1 unspecified atom stereocenters. The summed E-state index contributed by atoms with van der Waals surface area (Å²) >= 11 is 5.69. The number of amides is 2. The summed E-state index contributed by atoms with van der Waals surface area (Å²) in [6, 6.07) is 6.75. The summed E-state index contributed by atoms with van der Waals surface area (Å²) in [7, 11) is 0. The minimum Gasteiger partial charge on any atom is -0.370 e. The van der Waals surface area contributed by atoms with Crippen molar-refractivity contribution in [2.24, 2.45) is 5.73 Å². The topological polar surface area (TPSA) is 72.2 Å². The van der Waals surface area contributed by atoms with Crippen LogP contribution >= 0.6 is 11.6 Å². The molecule has 0 aliphatic carbocycles. The van der Waals surface area contributed by atoms with Gasteiger partial charge in [0.05, 0.1) is 0 Å². The molecule has 0 fully saturated rings. The van der Waals surface area contributed by atoms with Crippen LogP contribution in [0, 0.1) is 0 Å². The van der Waals surface area contributed by atoms with Crippen molar-refractivity contribution < 1.29 is 9.59 Å². The van der Waals surface area contributed by atoms with Gasteiger partial charge in [-0.3, -0.25) is 9.59 Å². The van der Waals surface area contributed by atoms with Crippen molar-refractivity contribution in [1.29, 1.82) is 0 Å². The third-order valence-electron chi connectivity index (χ3n) is 2.23. The van der Waals surface area contributed by atoms with Gasteiger partial charge < -0.3 is 11.1 Å². The number of hydrogen-bond acceptors (Lipinski definition) is 2. The van der Waals surface area contributed by atoms with Crippen LogP contribution in [-0.4, -0.2) is 17.9 Å². The maximum atomic E-state index is 11.8. The number of halogens is 1. The second-order valence-electron chi connectivity index (χ2n) is 3.88. The number of nitrogens with one attached hydrogen (secondary N) is 1. The first-order valence-electron chi connectivity index (χ1n) is 5.27. The second kappa shape index (κ2) is 6.25. The van der Waals surface area contributed by atoms with E-state index in [1.54, 1.807) is 25.1 Å². The lowest BCUT2D eigenvalue weighted by Gasteiger charge is -2.12. The highest BCUT2D eigenvalue weighted by atomic mass is 35.5. The largest absolute Gasteiger partial charge is 0.370 e. The molecular formula is C12H15ClN2O2. The standard InChI is InChI=1S/C12H15ClN2O2/c1-8(5-11(14)16)15-12(17)10-4-2-3-9(6-10)7-13/h2-4,6,8H,5,7H2,1H3,(H2,14,16)(H,15,17). The van der Waals surface area contributed by atoms with Crippen molar-refractivity contribution in [3.05, 3.63) is 35.4 Å². The quantitative estimate of drug-likeness (QED) is 0.780. The molecule has 0 bridgehead atoms. The Labute approximate surface area is 105 Å². The molecular weight excluding hydrogens is 240 g/mol. The maximum Gasteiger partial charge on any atom is 0.251 e. The Hall–Kier alpha value is -1.55. The van der Waals surface area contributed by atoms with Crippen LogP contribution in [0.2, 0.25) is 0 Å². The molecule has 0 radical (unpaired) electrons. The third-order valence-corrected chi connectivity index (χ3v) is 2.54. The van der Waals surface area contributed by atoms with Gasteiger partial charge in [-0.2, -0.15) is 0 Å². The molecule has 92 valence electrons. The van der Waals surface area contributed by atoms with Gasteiger partial charge in [0.1, 0.15) is 0 Å².